The molecule has 4 heteroatoms. The van der Waals surface area contributed by atoms with Crippen molar-refractivity contribution in [1.29, 1.82) is 0 Å². The van der Waals surface area contributed by atoms with E-state index in [-0.39, 0.29) is 0 Å². The van der Waals surface area contributed by atoms with Crippen molar-refractivity contribution in [2.45, 2.75) is 6.54 Å². The van der Waals surface area contributed by atoms with Crippen molar-refractivity contribution in [1.82, 2.24) is 14.0 Å². The van der Waals surface area contributed by atoms with E-state index >= 15 is 0 Å². The summed E-state index contributed by atoms with van der Waals surface area (Å²) < 4.78 is 6.77. The molecule has 4 aromatic heterocycles. The number of rotatable bonds is 0. The van der Waals surface area contributed by atoms with Crippen LogP contribution in [0, 0.1) is 0 Å². The predicted molar refractivity (Wildman–Crippen MR) is 70.9 cm³/mol. The van der Waals surface area contributed by atoms with Gasteiger partial charge in [0.1, 0.15) is 23.6 Å². The van der Waals surface area contributed by atoms with Gasteiger partial charge in [0.25, 0.3) is 0 Å². The molecule has 4 nitrogen and oxygen atoms in total. The van der Waals surface area contributed by atoms with Crippen LogP contribution in [0.15, 0.2) is 55.2 Å². The molecule has 19 heavy (non-hydrogen) atoms. The highest BCUT2D eigenvalue weighted by molar-refractivity contribution is 5.69. The number of nitrogens with zero attached hydrogens (tertiary/aromatic N) is 4. The first kappa shape index (κ1) is 9.33. The summed E-state index contributed by atoms with van der Waals surface area (Å²) in [5.41, 5.74) is 5.05. The third-order valence-corrected chi connectivity index (χ3v) is 3.92. The van der Waals surface area contributed by atoms with Crippen LogP contribution in [0.25, 0.3) is 22.6 Å². The minimum atomic E-state index is 0.921. The summed E-state index contributed by atoms with van der Waals surface area (Å²) >= 11 is 0. The second-order valence-corrected chi connectivity index (χ2v) is 4.97. The van der Waals surface area contributed by atoms with E-state index in [4.69, 9.17) is 0 Å². The van der Waals surface area contributed by atoms with Crippen molar-refractivity contribution in [3.8, 4) is 11.3 Å². The van der Waals surface area contributed by atoms with Crippen LogP contribution in [-0.4, -0.2) is 14.0 Å². The average Bonchev–Trinajstić information content (AvgIpc) is 3.05. The van der Waals surface area contributed by atoms with Gasteiger partial charge in [-0.05, 0) is 18.2 Å². The zero-order valence-corrected chi connectivity index (χ0v) is 10.2. The molecule has 0 N–H and O–H groups in total. The molecule has 0 spiro atoms. The Hall–Kier alpha value is -2.62. The van der Waals surface area contributed by atoms with Gasteiger partial charge < -0.3 is 0 Å². The predicted octanol–water partition coefficient (Wildman–Crippen LogP) is 1.90. The molecule has 5 heterocycles. The molecule has 4 aromatic rings. The molecule has 0 aliphatic carbocycles. The van der Waals surface area contributed by atoms with Crippen molar-refractivity contribution in [3.63, 3.8) is 0 Å². The number of imidazole rings is 2. The highest BCUT2D eigenvalue weighted by Gasteiger charge is 2.29. The molecule has 0 bridgehead atoms. The van der Waals surface area contributed by atoms with Crippen molar-refractivity contribution >= 4 is 11.3 Å². The highest BCUT2D eigenvalue weighted by atomic mass is 15.2. The Morgan fingerprint density at radius 1 is 1.16 bits per heavy atom. The number of aromatic nitrogens is 4. The molecule has 0 aromatic carbocycles. The maximum absolute atomic E-state index is 4.24. The van der Waals surface area contributed by atoms with E-state index in [1.54, 1.807) is 0 Å². The maximum atomic E-state index is 4.24. The minimum Gasteiger partial charge on any atom is -0.264 e. The maximum Gasteiger partial charge on any atom is 0.374 e. The van der Waals surface area contributed by atoms with Gasteiger partial charge in [-0.2, -0.15) is 0 Å². The highest BCUT2D eigenvalue weighted by Crippen LogP contribution is 2.31. The van der Waals surface area contributed by atoms with Gasteiger partial charge in [0.05, 0.1) is 12.7 Å². The van der Waals surface area contributed by atoms with E-state index in [1.165, 1.54) is 28.1 Å². The normalized spacial score (nSPS) is 13.1. The van der Waals surface area contributed by atoms with E-state index in [1.807, 2.05) is 12.4 Å². The number of pyridine rings is 2. The third-order valence-electron chi connectivity index (χ3n) is 3.92. The lowest BCUT2D eigenvalue weighted by Gasteiger charge is -1.93. The molecule has 5 rings (SSSR count). The molecule has 0 saturated carbocycles. The minimum absolute atomic E-state index is 0.921. The molecule has 0 atom stereocenters. The molecule has 0 unspecified atom stereocenters. The lowest BCUT2D eigenvalue weighted by atomic mass is 10.1. The largest absolute Gasteiger partial charge is 0.374 e. The summed E-state index contributed by atoms with van der Waals surface area (Å²) in [5, 5.41) is 0. The first-order valence-corrected chi connectivity index (χ1v) is 6.36. The molecule has 0 amide bonds. The van der Waals surface area contributed by atoms with Gasteiger partial charge in [0.15, 0.2) is 0 Å². The van der Waals surface area contributed by atoms with Crippen molar-refractivity contribution < 1.29 is 4.40 Å². The fourth-order valence-electron chi connectivity index (χ4n) is 3.07. The number of hydrogen-bond donors (Lipinski definition) is 0. The second-order valence-electron chi connectivity index (χ2n) is 4.97. The Morgan fingerprint density at radius 3 is 3.16 bits per heavy atom. The fraction of sp³-hybridized carbons (Fsp3) is 0.0667. The van der Waals surface area contributed by atoms with Gasteiger partial charge in [-0.3, -0.25) is 4.98 Å². The monoisotopic (exact) mass is 247 g/mol. The molecular formula is C15H11N4+. The van der Waals surface area contributed by atoms with E-state index in [0.717, 1.165) is 6.54 Å². The van der Waals surface area contributed by atoms with E-state index in [9.17, 15) is 0 Å². The van der Waals surface area contributed by atoms with Crippen LogP contribution in [0.5, 0.6) is 0 Å². The van der Waals surface area contributed by atoms with E-state index in [0.29, 0.717) is 0 Å². The van der Waals surface area contributed by atoms with Crippen molar-refractivity contribution in [3.05, 3.63) is 60.8 Å². The summed E-state index contributed by atoms with van der Waals surface area (Å²) in [5.74, 6) is 1.20. The number of fused-ring (bicyclic) bond motifs is 7. The number of hydrogen-bond acceptors (Lipinski definition) is 1. The molecule has 0 radical (unpaired) electrons. The van der Waals surface area contributed by atoms with E-state index in [2.05, 4.69) is 61.2 Å². The summed E-state index contributed by atoms with van der Waals surface area (Å²) in [6.45, 7) is 0.921. The Morgan fingerprint density at radius 2 is 2.16 bits per heavy atom. The molecule has 90 valence electrons. The van der Waals surface area contributed by atoms with Crippen LogP contribution in [0.2, 0.25) is 0 Å². The Bertz CT molecular complexity index is 945. The van der Waals surface area contributed by atoms with Gasteiger partial charge in [-0.15, -0.1) is 0 Å². The fourth-order valence-corrected chi connectivity index (χ4v) is 3.07. The van der Waals surface area contributed by atoms with Gasteiger partial charge in [0, 0.05) is 23.5 Å². The quantitative estimate of drug-likeness (QED) is 0.384. The third kappa shape index (κ3) is 1.04. The van der Waals surface area contributed by atoms with E-state index < -0.39 is 0 Å². The molecule has 0 saturated heterocycles. The molecule has 0 fully saturated rings. The zero-order chi connectivity index (χ0) is 12.4. The van der Waals surface area contributed by atoms with Gasteiger partial charge in [0.2, 0.25) is 0 Å². The van der Waals surface area contributed by atoms with Crippen LogP contribution in [-0.2, 0) is 6.54 Å². The lowest BCUT2D eigenvalue weighted by Crippen LogP contribution is -2.16. The summed E-state index contributed by atoms with van der Waals surface area (Å²) in [6.07, 6.45) is 10.3. The molecule has 1 aliphatic rings. The van der Waals surface area contributed by atoms with Crippen molar-refractivity contribution in [2.24, 2.45) is 0 Å². The molecule has 1 aliphatic heterocycles. The van der Waals surface area contributed by atoms with Crippen LogP contribution in [0.1, 0.15) is 5.56 Å². The van der Waals surface area contributed by atoms with Crippen LogP contribution < -0.4 is 4.40 Å². The SMILES string of the molecule is c1ccn2c(c1)c[n+]1cc3n(c21)Cc1ccncc1-3. The van der Waals surface area contributed by atoms with Crippen LogP contribution in [0.3, 0.4) is 0 Å². The first-order chi connectivity index (χ1) is 9.42. The summed E-state index contributed by atoms with van der Waals surface area (Å²) in [6, 6.07) is 8.37. The molecular weight excluding hydrogens is 236 g/mol. The second kappa shape index (κ2) is 3.03. The topological polar surface area (TPSA) is 26.3 Å². The first-order valence-electron chi connectivity index (χ1n) is 6.36. The van der Waals surface area contributed by atoms with Crippen molar-refractivity contribution in [2.75, 3.05) is 0 Å². The van der Waals surface area contributed by atoms with Crippen LogP contribution >= 0.6 is 0 Å². The smallest absolute Gasteiger partial charge is 0.264 e. The zero-order valence-electron chi connectivity index (χ0n) is 10.2. The lowest BCUT2D eigenvalue weighted by molar-refractivity contribution is -0.508. The van der Waals surface area contributed by atoms with Gasteiger partial charge in [-0.25, -0.2) is 13.4 Å². The Kier molecular flexibility index (Phi) is 1.49. The summed E-state index contributed by atoms with van der Waals surface area (Å²) in [7, 11) is 0. The van der Waals surface area contributed by atoms with Gasteiger partial charge >= 0.3 is 5.78 Å². The average molecular weight is 247 g/mol. The van der Waals surface area contributed by atoms with Gasteiger partial charge in [-0.1, -0.05) is 6.07 Å². The Balaban J connectivity index is 1.94. The van der Waals surface area contributed by atoms with Crippen LogP contribution in [0.4, 0.5) is 0 Å². The standard InChI is InChI=1S/C15H11N4/c1-2-6-18-12(3-1)9-17-10-14-13-7-16-5-4-11(13)8-19(14)15(17)18/h1-7,9-10H,8H2/q+1. The Labute approximate surface area is 109 Å². The summed E-state index contributed by atoms with van der Waals surface area (Å²) in [4.78, 5) is 4.24.